The lowest BCUT2D eigenvalue weighted by atomic mass is 10.2. The van der Waals surface area contributed by atoms with Gasteiger partial charge in [-0.2, -0.15) is 0 Å². The summed E-state index contributed by atoms with van der Waals surface area (Å²) in [6.07, 6.45) is 3.65. The minimum Gasteiger partial charge on any atom is -0.455 e. The number of halogens is 1. The van der Waals surface area contributed by atoms with Gasteiger partial charge in [0.1, 0.15) is 5.76 Å². The molecule has 0 spiro atoms. The summed E-state index contributed by atoms with van der Waals surface area (Å²) in [4.78, 5) is 16.5. The third-order valence-corrected chi connectivity index (χ3v) is 5.39. The first-order chi connectivity index (χ1) is 11.5. The van der Waals surface area contributed by atoms with Crippen molar-refractivity contribution >= 4 is 39.3 Å². The van der Waals surface area contributed by atoms with Crippen LogP contribution in [0.5, 0.6) is 0 Å². The smallest absolute Gasteiger partial charge is 0.291 e. The van der Waals surface area contributed by atoms with E-state index in [9.17, 15) is 4.79 Å². The first-order valence-electron chi connectivity index (χ1n) is 7.29. The molecule has 0 bridgehead atoms. The molecule has 0 radical (unpaired) electrons. The van der Waals surface area contributed by atoms with Gasteiger partial charge in [0.25, 0.3) is 5.91 Å². The molecule has 0 unspecified atom stereocenters. The quantitative estimate of drug-likeness (QED) is 0.628. The second-order valence-electron chi connectivity index (χ2n) is 5.29. The van der Waals surface area contributed by atoms with E-state index in [1.54, 1.807) is 24.0 Å². The molecule has 1 aromatic carbocycles. The number of amides is 1. The van der Waals surface area contributed by atoms with Crippen molar-refractivity contribution in [2.24, 2.45) is 7.05 Å². The van der Waals surface area contributed by atoms with Crippen LogP contribution in [0, 0.1) is 6.92 Å². The van der Waals surface area contributed by atoms with E-state index in [0.717, 1.165) is 26.6 Å². The topological polar surface area (TPSA) is 60.1 Å². The maximum atomic E-state index is 12.3. The van der Waals surface area contributed by atoms with Crippen molar-refractivity contribution in [3.63, 3.8) is 0 Å². The molecule has 1 amide bonds. The summed E-state index contributed by atoms with van der Waals surface area (Å²) in [6.45, 7) is 1.97. The molecule has 0 aliphatic rings. The summed E-state index contributed by atoms with van der Waals surface area (Å²) < 4.78 is 8.58. The van der Waals surface area contributed by atoms with Crippen LogP contribution in [-0.2, 0) is 12.8 Å². The van der Waals surface area contributed by atoms with Gasteiger partial charge in [0.05, 0.1) is 5.75 Å². The number of hydrogen-bond donors (Lipinski definition) is 1. The number of anilines is 1. The highest BCUT2D eigenvalue weighted by Crippen LogP contribution is 2.23. The highest BCUT2D eigenvalue weighted by atomic mass is 79.9. The van der Waals surface area contributed by atoms with Crippen LogP contribution in [0.4, 0.5) is 5.69 Å². The van der Waals surface area contributed by atoms with Crippen LogP contribution >= 0.6 is 27.7 Å². The van der Waals surface area contributed by atoms with E-state index in [0.29, 0.717) is 11.5 Å². The zero-order valence-electron chi connectivity index (χ0n) is 13.2. The molecular weight excluding hydrogens is 390 g/mol. The fourth-order valence-electron chi connectivity index (χ4n) is 2.12. The molecule has 3 aromatic rings. The number of carbonyl (C=O) groups is 1. The number of benzene rings is 1. The van der Waals surface area contributed by atoms with Crippen LogP contribution in [0.2, 0.25) is 0 Å². The first-order valence-corrected chi connectivity index (χ1v) is 9.07. The van der Waals surface area contributed by atoms with Crippen molar-refractivity contribution in [2.75, 3.05) is 5.32 Å². The number of aryl methyl sites for hydroxylation is 2. The average molecular weight is 406 g/mol. The van der Waals surface area contributed by atoms with Gasteiger partial charge >= 0.3 is 0 Å². The maximum Gasteiger partial charge on any atom is 0.291 e. The van der Waals surface area contributed by atoms with Crippen molar-refractivity contribution in [3.8, 4) is 0 Å². The van der Waals surface area contributed by atoms with Gasteiger partial charge in [0.15, 0.2) is 10.9 Å². The molecule has 0 aliphatic carbocycles. The van der Waals surface area contributed by atoms with E-state index in [1.807, 2.05) is 49.0 Å². The van der Waals surface area contributed by atoms with Crippen LogP contribution in [0.3, 0.4) is 0 Å². The second-order valence-corrected chi connectivity index (χ2v) is 7.09. The number of nitrogens with one attached hydrogen (secondary N) is 1. The molecule has 1 N–H and O–H groups in total. The van der Waals surface area contributed by atoms with Crippen molar-refractivity contribution < 1.29 is 9.21 Å². The number of aromatic nitrogens is 2. The minimum absolute atomic E-state index is 0.259. The van der Waals surface area contributed by atoms with Gasteiger partial charge in [0, 0.05) is 29.6 Å². The number of furan rings is 1. The third kappa shape index (κ3) is 3.91. The van der Waals surface area contributed by atoms with Gasteiger partial charge in [-0.3, -0.25) is 4.79 Å². The Morgan fingerprint density at radius 1 is 1.38 bits per heavy atom. The molecule has 3 rings (SSSR count). The summed E-state index contributed by atoms with van der Waals surface area (Å²) in [5.41, 5.74) is 1.79. The molecule has 2 heterocycles. The van der Waals surface area contributed by atoms with Gasteiger partial charge < -0.3 is 14.3 Å². The highest BCUT2D eigenvalue weighted by Gasteiger charge is 2.13. The Morgan fingerprint density at radius 3 is 2.92 bits per heavy atom. The Balaban J connectivity index is 1.63. The second kappa shape index (κ2) is 7.27. The SMILES string of the molecule is Cc1cc(NC(=O)c2ccc(CSc3nccn3C)o2)ccc1Br. The van der Waals surface area contributed by atoms with E-state index >= 15 is 0 Å². The molecule has 0 aliphatic heterocycles. The molecule has 0 atom stereocenters. The third-order valence-electron chi connectivity index (χ3n) is 3.42. The predicted octanol–water partition coefficient (Wildman–Crippen LogP) is 4.63. The maximum absolute atomic E-state index is 12.3. The standard InChI is InChI=1S/C17H16BrN3O2S/c1-11-9-12(3-5-14(11)18)20-16(22)15-6-4-13(23-15)10-24-17-19-7-8-21(17)2/h3-9H,10H2,1-2H3,(H,20,22). The normalized spacial score (nSPS) is 10.8. The molecular formula is C17H16BrN3O2S. The van der Waals surface area contributed by atoms with Gasteiger partial charge in [-0.1, -0.05) is 27.7 Å². The zero-order chi connectivity index (χ0) is 17.1. The lowest BCUT2D eigenvalue weighted by molar-refractivity contribution is 0.0995. The van der Waals surface area contributed by atoms with E-state index in [4.69, 9.17) is 4.42 Å². The molecule has 0 saturated carbocycles. The Labute approximate surface area is 152 Å². The van der Waals surface area contributed by atoms with Crippen LogP contribution in [0.25, 0.3) is 0 Å². The van der Waals surface area contributed by atoms with E-state index in [1.165, 1.54) is 0 Å². The number of hydrogen-bond acceptors (Lipinski definition) is 4. The number of nitrogens with zero attached hydrogens (tertiary/aromatic N) is 2. The summed E-state index contributed by atoms with van der Waals surface area (Å²) in [7, 11) is 1.94. The number of imidazole rings is 1. The lowest BCUT2D eigenvalue weighted by Crippen LogP contribution is -2.10. The van der Waals surface area contributed by atoms with E-state index < -0.39 is 0 Å². The van der Waals surface area contributed by atoms with Crippen LogP contribution in [0.1, 0.15) is 21.9 Å². The monoisotopic (exact) mass is 405 g/mol. The Morgan fingerprint density at radius 2 is 2.21 bits per heavy atom. The van der Waals surface area contributed by atoms with Crippen LogP contribution in [0.15, 0.2) is 56.8 Å². The van der Waals surface area contributed by atoms with Crippen LogP contribution in [-0.4, -0.2) is 15.5 Å². The van der Waals surface area contributed by atoms with Crippen molar-refractivity contribution in [1.29, 1.82) is 0 Å². The summed E-state index contributed by atoms with van der Waals surface area (Å²) in [6, 6.07) is 9.16. The van der Waals surface area contributed by atoms with Gasteiger partial charge in [-0.15, -0.1) is 0 Å². The molecule has 24 heavy (non-hydrogen) atoms. The van der Waals surface area contributed by atoms with Crippen LogP contribution < -0.4 is 5.32 Å². The van der Waals surface area contributed by atoms with Gasteiger partial charge in [0.2, 0.25) is 0 Å². The molecule has 0 saturated heterocycles. The molecule has 7 heteroatoms. The number of thioether (sulfide) groups is 1. The predicted molar refractivity (Wildman–Crippen MR) is 98.3 cm³/mol. The van der Waals surface area contributed by atoms with E-state index in [-0.39, 0.29) is 5.91 Å². The first kappa shape index (κ1) is 16.9. The molecule has 2 aromatic heterocycles. The molecule has 0 fully saturated rings. The Kier molecular flexibility index (Phi) is 5.11. The summed E-state index contributed by atoms with van der Waals surface area (Å²) in [5, 5.41) is 3.75. The van der Waals surface area contributed by atoms with Gasteiger partial charge in [-0.25, -0.2) is 4.98 Å². The fourth-order valence-corrected chi connectivity index (χ4v) is 3.19. The zero-order valence-corrected chi connectivity index (χ0v) is 15.6. The van der Waals surface area contributed by atoms with Crippen molar-refractivity contribution in [2.45, 2.75) is 17.8 Å². The number of carbonyl (C=O) groups excluding carboxylic acids is 1. The Hall–Kier alpha value is -1.99. The van der Waals surface area contributed by atoms with Crippen molar-refractivity contribution in [1.82, 2.24) is 9.55 Å². The average Bonchev–Trinajstić information content (AvgIpc) is 3.18. The minimum atomic E-state index is -0.259. The van der Waals surface area contributed by atoms with Gasteiger partial charge in [-0.05, 0) is 42.8 Å². The highest BCUT2D eigenvalue weighted by molar-refractivity contribution is 9.10. The molecule has 124 valence electrons. The van der Waals surface area contributed by atoms with E-state index in [2.05, 4.69) is 26.2 Å². The summed E-state index contributed by atoms with van der Waals surface area (Å²) in [5.74, 6) is 1.39. The molecule has 5 nitrogen and oxygen atoms in total. The largest absolute Gasteiger partial charge is 0.455 e. The number of rotatable bonds is 5. The Bertz CT molecular complexity index is 872. The van der Waals surface area contributed by atoms with Crippen molar-refractivity contribution in [3.05, 3.63) is 64.3 Å². The summed E-state index contributed by atoms with van der Waals surface area (Å²) >= 11 is 5.00. The fraction of sp³-hybridized carbons (Fsp3) is 0.176. The lowest BCUT2D eigenvalue weighted by Gasteiger charge is -2.05.